The van der Waals surface area contributed by atoms with Gasteiger partial charge in [0.25, 0.3) is 0 Å². The summed E-state index contributed by atoms with van der Waals surface area (Å²) in [5.74, 6) is 0.203. The average Bonchev–Trinajstić information content (AvgIpc) is 2.37. The fourth-order valence-electron chi connectivity index (χ4n) is 1.66. The number of rotatable bonds is 5. The van der Waals surface area contributed by atoms with Gasteiger partial charge >= 0.3 is 0 Å². The second-order valence-electron chi connectivity index (χ2n) is 5.05. The molecule has 2 nitrogen and oxygen atoms in total. The maximum absolute atomic E-state index is 11.5. The lowest BCUT2D eigenvalue weighted by molar-refractivity contribution is 0.0988. The van der Waals surface area contributed by atoms with Gasteiger partial charge in [-0.1, -0.05) is 13.8 Å². The molecule has 17 heavy (non-hydrogen) atoms. The third-order valence-electron chi connectivity index (χ3n) is 3.67. The minimum Gasteiger partial charge on any atom is -0.369 e. The summed E-state index contributed by atoms with van der Waals surface area (Å²) in [7, 11) is 2.10. The van der Waals surface area contributed by atoms with Crippen LogP contribution >= 0.6 is 0 Å². The number of carbonyl (C=O) groups excluding carboxylic acids is 1. The Morgan fingerprint density at radius 3 is 2.12 bits per heavy atom. The summed E-state index contributed by atoms with van der Waals surface area (Å²) in [4.78, 5) is 13.8. The highest BCUT2D eigenvalue weighted by molar-refractivity contribution is 5.96. The zero-order valence-corrected chi connectivity index (χ0v) is 11.6. The van der Waals surface area contributed by atoms with Crippen molar-refractivity contribution in [1.82, 2.24) is 0 Å². The number of ketones is 1. The van der Waals surface area contributed by atoms with E-state index in [9.17, 15) is 4.79 Å². The molecule has 0 radical (unpaired) electrons. The fourth-order valence-corrected chi connectivity index (χ4v) is 1.66. The molecule has 0 fully saturated rings. The number of Topliss-reactive ketones (excluding diaryl/α,β-unsaturated/α-hetero) is 1. The van der Waals surface area contributed by atoms with E-state index in [0.29, 0.717) is 6.42 Å². The summed E-state index contributed by atoms with van der Waals surface area (Å²) in [6.45, 7) is 8.52. The van der Waals surface area contributed by atoms with Crippen LogP contribution in [0.3, 0.4) is 0 Å². The Kier molecular flexibility index (Phi) is 4.33. The molecule has 0 saturated carbocycles. The van der Waals surface area contributed by atoms with Gasteiger partial charge in [0, 0.05) is 30.3 Å². The first-order chi connectivity index (χ1) is 7.92. The molecule has 0 aliphatic heterocycles. The molecule has 1 aromatic carbocycles. The van der Waals surface area contributed by atoms with Gasteiger partial charge in [-0.25, -0.2) is 0 Å². The number of benzene rings is 1. The van der Waals surface area contributed by atoms with Gasteiger partial charge in [0.15, 0.2) is 5.78 Å². The number of carbonyl (C=O) groups is 1. The molecule has 1 aromatic rings. The van der Waals surface area contributed by atoms with Gasteiger partial charge in [0.2, 0.25) is 0 Å². The summed E-state index contributed by atoms with van der Waals surface area (Å²) >= 11 is 0. The molecule has 0 saturated heterocycles. The number of nitrogens with zero attached hydrogens (tertiary/aromatic N) is 1. The van der Waals surface area contributed by atoms with E-state index in [1.54, 1.807) is 0 Å². The van der Waals surface area contributed by atoms with Gasteiger partial charge in [0.05, 0.1) is 0 Å². The summed E-state index contributed by atoms with van der Waals surface area (Å²) in [5.41, 5.74) is 2.10. The van der Waals surface area contributed by atoms with Gasteiger partial charge in [-0.2, -0.15) is 0 Å². The lowest BCUT2D eigenvalue weighted by Gasteiger charge is -2.36. The van der Waals surface area contributed by atoms with Crippen molar-refractivity contribution in [2.45, 2.75) is 46.1 Å². The van der Waals surface area contributed by atoms with E-state index in [1.807, 2.05) is 31.2 Å². The molecule has 94 valence electrons. The van der Waals surface area contributed by atoms with Crippen LogP contribution in [0.4, 0.5) is 5.69 Å². The predicted molar refractivity (Wildman–Crippen MR) is 73.8 cm³/mol. The molecular weight excluding hydrogens is 210 g/mol. The van der Waals surface area contributed by atoms with Crippen molar-refractivity contribution in [3.05, 3.63) is 29.8 Å². The van der Waals surface area contributed by atoms with Crippen molar-refractivity contribution in [3.63, 3.8) is 0 Å². The Bertz CT molecular complexity index is 378. The van der Waals surface area contributed by atoms with Crippen molar-refractivity contribution in [2.24, 2.45) is 0 Å². The van der Waals surface area contributed by atoms with Crippen molar-refractivity contribution in [2.75, 3.05) is 11.9 Å². The van der Waals surface area contributed by atoms with Crippen LogP contribution in [0.2, 0.25) is 0 Å². The zero-order chi connectivity index (χ0) is 13.1. The third kappa shape index (κ3) is 3.09. The highest BCUT2D eigenvalue weighted by atomic mass is 16.1. The average molecular weight is 233 g/mol. The Labute approximate surface area is 105 Å². The molecule has 0 unspecified atom stereocenters. The predicted octanol–water partition coefficient (Wildman–Crippen LogP) is 3.90. The lowest BCUT2D eigenvalue weighted by atomic mass is 9.98. The highest BCUT2D eigenvalue weighted by Crippen LogP contribution is 2.25. The van der Waals surface area contributed by atoms with Gasteiger partial charge in [-0.05, 0) is 44.5 Å². The number of hydrogen-bond donors (Lipinski definition) is 0. The van der Waals surface area contributed by atoms with Crippen LogP contribution in [0.1, 0.15) is 50.9 Å². The van der Waals surface area contributed by atoms with Crippen LogP contribution in [0, 0.1) is 0 Å². The molecule has 2 heteroatoms. The summed E-state index contributed by atoms with van der Waals surface area (Å²) in [5, 5.41) is 0. The Hall–Kier alpha value is -1.31. The second-order valence-corrected chi connectivity index (χ2v) is 5.05. The first-order valence-corrected chi connectivity index (χ1v) is 6.29. The molecule has 0 heterocycles. The molecule has 0 aliphatic carbocycles. The first kappa shape index (κ1) is 13.8. The number of hydrogen-bond acceptors (Lipinski definition) is 2. The van der Waals surface area contributed by atoms with Crippen LogP contribution in [-0.4, -0.2) is 18.4 Å². The molecule has 0 bridgehead atoms. The van der Waals surface area contributed by atoms with E-state index in [1.165, 1.54) is 0 Å². The molecule has 0 aromatic heterocycles. The standard InChI is InChI=1S/C15H23NO/c1-6-14(17)12-8-10-13(11-9-12)16(5)15(3,4)7-2/h8-11H,6-7H2,1-5H3. The van der Waals surface area contributed by atoms with E-state index >= 15 is 0 Å². The van der Waals surface area contributed by atoms with E-state index in [2.05, 4.69) is 32.7 Å². The SMILES string of the molecule is CCC(=O)c1ccc(N(C)C(C)(C)CC)cc1. The van der Waals surface area contributed by atoms with E-state index in [4.69, 9.17) is 0 Å². The maximum Gasteiger partial charge on any atom is 0.162 e. The molecule has 0 atom stereocenters. The summed E-state index contributed by atoms with van der Waals surface area (Å²) in [6, 6.07) is 7.90. The van der Waals surface area contributed by atoms with Crippen LogP contribution in [0.15, 0.2) is 24.3 Å². The summed E-state index contributed by atoms with van der Waals surface area (Å²) < 4.78 is 0. The zero-order valence-electron chi connectivity index (χ0n) is 11.6. The lowest BCUT2D eigenvalue weighted by Crippen LogP contribution is -2.40. The highest BCUT2D eigenvalue weighted by Gasteiger charge is 2.21. The van der Waals surface area contributed by atoms with Gasteiger partial charge in [-0.3, -0.25) is 4.79 Å². The Balaban J connectivity index is 2.91. The van der Waals surface area contributed by atoms with Crippen molar-refractivity contribution < 1.29 is 4.79 Å². The van der Waals surface area contributed by atoms with Gasteiger partial charge < -0.3 is 4.90 Å². The third-order valence-corrected chi connectivity index (χ3v) is 3.67. The van der Waals surface area contributed by atoms with Gasteiger partial charge in [-0.15, -0.1) is 0 Å². The van der Waals surface area contributed by atoms with Crippen molar-refractivity contribution >= 4 is 11.5 Å². The smallest absolute Gasteiger partial charge is 0.162 e. The largest absolute Gasteiger partial charge is 0.369 e. The molecular formula is C15H23NO. The summed E-state index contributed by atoms with van der Waals surface area (Å²) in [6.07, 6.45) is 1.65. The topological polar surface area (TPSA) is 20.3 Å². The number of anilines is 1. The van der Waals surface area contributed by atoms with Crippen molar-refractivity contribution in [3.8, 4) is 0 Å². The molecule has 0 aliphatic rings. The minimum absolute atomic E-state index is 0.135. The van der Waals surface area contributed by atoms with Crippen LogP contribution in [0.25, 0.3) is 0 Å². The van der Waals surface area contributed by atoms with Gasteiger partial charge in [0.1, 0.15) is 0 Å². The Morgan fingerprint density at radius 2 is 1.71 bits per heavy atom. The Morgan fingerprint density at radius 1 is 1.18 bits per heavy atom. The monoisotopic (exact) mass is 233 g/mol. The normalized spacial score (nSPS) is 11.4. The minimum atomic E-state index is 0.135. The second kappa shape index (κ2) is 5.35. The quantitative estimate of drug-likeness (QED) is 0.719. The van der Waals surface area contributed by atoms with E-state index < -0.39 is 0 Å². The fraction of sp³-hybridized carbons (Fsp3) is 0.533. The van der Waals surface area contributed by atoms with Crippen LogP contribution in [-0.2, 0) is 0 Å². The van der Waals surface area contributed by atoms with E-state index in [-0.39, 0.29) is 11.3 Å². The molecule has 0 spiro atoms. The van der Waals surface area contributed by atoms with Crippen LogP contribution < -0.4 is 4.90 Å². The molecule has 0 N–H and O–H groups in total. The van der Waals surface area contributed by atoms with E-state index in [0.717, 1.165) is 17.7 Å². The first-order valence-electron chi connectivity index (χ1n) is 6.29. The molecule has 1 rings (SSSR count). The van der Waals surface area contributed by atoms with Crippen molar-refractivity contribution in [1.29, 1.82) is 0 Å². The maximum atomic E-state index is 11.5. The van der Waals surface area contributed by atoms with Crippen LogP contribution in [0.5, 0.6) is 0 Å². The molecule has 0 amide bonds.